The molecule has 7 rings (SSSR count). The Hall–Kier alpha value is -3.96. The third kappa shape index (κ3) is 6.41. The lowest BCUT2D eigenvalue weighted by atomic mass is 9.92. The van der Waals surface area contributed by atoms with Gasteiger partial charge < -0.3 is 19.9 Å². The van der Waals surface area contributed by atoms with Crippen molar-refractivity contribution >= 4 is 16.9 Å². The molecule has 3 aromatic heterocycles. The van der Waals surface area contributed by atoms with Crippen molar-refractivity contribution in [1.82, 2.24) is 30.1 Å². The van der Waals surface area contributed by atoms with E-state index in [0.29, 0.717) is 49.2 Å². The van der Waals surface area contributed by atoms with Gasteiger partial charge in [0, 0.05) is 63.6 Å². The van der Waals surface area contributed by atoms with Gasteiger partial charge in [-0.25, -0.2) is 4.98 Å². The summed E-state index contributed by atoms with van der Waals surface area (Å²) in [6, 6.07) is 10.2. The van der Waals surface area contributed by atoms with Gasteiger partial charge in [0.15, 0.2) is 0 Å². The van der Waals surface area contributed by atoms with Crippen LogP contribution in [-0.2, 0) is 30.5 Å². The Balaban J connectivity index is 1.08. The molecule has 2 N–H and O–H groups in total. The number of nitrogens with zero attached hydrogens (tertiary/aromatic N) is 4. The minimum Gasteiger partial charge on any atom is -0.455 e. The molecule has 2 aliphatic heterocycles. The number of H-pyrrole nitrogens is 1. The van der Waals surface area contributed by atoms with E-state index in [1.165, 1.54) is 24.6 Å². The first-order valence-corrected chi connectivity index (χ1v) is 15.8. The molecule has 1 saturated carbocycles. The monoisotopic (exact) mass is 618 g/mol. The van der Waals surface area contributed by atoms with Gasteiger partial charge in [-0.15, -0.1) is 0 Å². The fourth-order valence-corrected chi connectivity index (χ4v) is 6.57. The molecular weight excluding hydrogens is 581 g/mol. The van der Waals surface area contributed by atoms with Gasteiger partial charge in [-0.1, -0.05) is 19.1 Å². The third-order valence-electron chi connectivity index (χ3n) is 9.21. The van der Waals surface area contributed by atoms with Gasteiger partial charge in [-0.2, -0.15) is 13.2 Å². The lowest BCUT2D eigenvalue weighted by Gasteiger charge is -2.34. The fourth-order valence-electron chi connectivity index (χ4n) is 6.57. The molecule has 5 heterocycles. The number of carbonyl (C=O) groups is 1. The van der Waals surface area contributed by atoms with Gasteiger partial charge in [0.2, 0.25) is 5.91 Å². The zero-order valence-corrected chi connectivity index (χ0v) is 25.3. The second kappa shape index (κ2) is 12.1. The normalized spacial score (nSPS) is 19.1. The Morgan fingerprint density at radius 1 is 1.09 bits per heavy atom. The number of halogens is 3. The average molecular weight is 619 g/mol. The molecule has 1 atom stereocenters. The number of amides is 1. The highest BCUT2D eigenvalue weighted by atomic mass is 19.4. The van der Waals surface area contributed by atoms with Crippen molar-refractivity contribution in [3.05, 3.63) is 82.4 Å². The molecule has 1 amide bonds. The van der Waals surface area contributed by atoms with Crippen molar-refractivity contribution in [3.8, 4) is 11.5 Å². The van der Waals surface area contributed by atoms with Crippen molar-refractivity contribution in [3.63, 3.8) is 0 Å². The molecule has 8 nitrogen and oxygen atoms in total. The van der Waals surface area contributed by atoms with Gasteiger partial charge in [-0.3, -0.25) is 14.7 Å². The van der Waals surface area contributed by atoms with Gasteiger partial charge in [0.1, 0.15) is 17.1 Å². The van der Waals surface area contributed by atoms with E-state index in [-0.39, 0.29) is 30.4 Å². The average Bonchev–Trinajstić information content (AvgIpc) is 3.79. The van der Waals surface area contributed by atoms with Crippen LogP contribution in [0.25, 0.3) is 11.0 Å². The number of nitrogens with one attached hydrogen (secondary N) is 2. The van der Waals surface area contributed by atoms with Crippen molar-refractivity contribution in [2.24, 2.45) is 0 Å². The summed E-state index contributed by atoms with van der Waals surface area (Å²) in [7, 11) is 0. The number of pyridine rings is 2. The van der Waals surface area contributed by atoms with Crippen molar-refractivity contribution in [1.29, 1.82) is 0 Å². The fraction of sp³-hybridized carbons (Fsp3) is 0.441. The third-order valence-corrected chi connectivity index (χ3v) is 9.21. The van der Waals surface area contributed by atoms with E-state index in [1.807, 2.05) is 17.0 Å². The number of rotatable bonds is 8. The number of ether oxygens (including phenoxy) is 1. The van der Waals surface area contributed by atoms with Crippen LogP contribution in [0.4, 0.5) is 13.2 Å². The molecule has 0 radical (unpaired) electrons. The Bertz CT molecular complexity index is 1710. The highest BCUT2D eigenvalue weighted by molar-refractivity contribution is 5.84. The van der Waals surface area contributed by atoms with Crippen LogP contribution in [0, 0.1) is 0 Å². The quantitative estimate of drug-likeness (QED) is 0.247. The van der Waals surface area contributed by atoms with Crippen LogP contribution < -0.4 is 10.1 Å². The standard InChI is InChI=1S/C34H37F3N6O2/c1-2-22-19-43(31(44)14-21-3-4-24(28(13-21)34(35,36)37)18-42-11-9-38-10-12-42)20-25-15-26(17-40-32(22)25)45-30-7-8-39-33-27(30)16-29(41-33)23-5-6-23/h3-4,7-8,13,15-17,22-23,38H,2,5-6,9-12,14,18-20H2,1H3,(H,39,41)/t22-/m0/s1. The topological polar surface area (TPSA) is 86.4 Å². The van der Waals surface area contributed by atoms with E-state index in [2.05, 4.69) is 28.3 Å². The van der Waals surface area contributed by atoms with Gasteiger partial charge >= 0.3 is 6.18 Å². The predicted octanol–water partition coefficient (Wildman–Crippen LogP) is 6.13. The number of fused-ring (bicyclic) bond motifs is 2. The summed E-state index contributed by atoms with van der Waals surface area (Å²) in [6.07, 6.45) is 1.97. The minimum atomic E-state index is -4.50. The first kappa shape index (κ1) is 29.7. The molecule has 1 aromatic carbocycles. The number of hydrogen-bond acceptors (Lipinski definition) is 6. The van der Waals surface area contributed by atoms with Crippen LogP contribution in [0.15, 0.2) is 48.8 Å². The second-order valence-corrected chi connectivity index (χ2v) is 12.5. The largest absolute Gasteiger partial charge is 0.455 e. The summed E-state index contributed by atoms with van der Waals surface area (Å²) in [5, 5.41) is 4.14. The number of alkyl halides is 3. The molecule has 2 fully saturated rings. The number of piperazine rings is 1. The highest BCUT2D eigenvalue weighted by Crippen LogP contribution is 2.42. The molecule has 3 aliphatic rings. The molecular formula is C34H37F3N6O2. The molecule has 0 bridgehead atoms. The lowest BCUT2D eigenvalue weighted by Crippen LogP contribution is -2.43. The molecule has 236 valence electrons. The van der Waals surface area contributed by atoms with Crippen LogP contribution in [0.3, 0.4) is 0 Å². The lowest BCUT2D eigenvalue weighted by molar-refractivity contribution is -0.138. The highest BCUT2D eigenvalue weighted by Gasteiger charge is 2.35. The molecule has 1 aliphatic carbocycles. The smallest absolute Gasteiger partial charge is 0.416 e. The number of aromatic amines is 1. The second-order valence-electron chi connectivity index (χ2n) is 12.5. The van der Waals surface area contributed by atoms with Crippen molar-refractivity contribution < 1.29 is 22.7 Å². The number of carbonyl (C=O) groups excluding carboxylic acids is 1. The zero-order chi connectivity index (χ0) is 31.1. The Morgan fingerprint density at radius 2 is 1.91 bits per heavy atom. The number of aromatic nitrogens is 3. The predicted molar refractivity (Wildman–Crippen MR) is 164 cm³/mol. The Labute approximate surface area is 260 Å². The molecule has 4 aromatic rings. The maximum absolute atomic E-state index is 14.1. The van der Waals surface area contributed by atoms with E-state index in [0.717, 1.165) is 47.9 Å². The van der Waals surface area contributed by atoms with Gasteiger partial charge in [0.05, 0.1) is 29.3 Å². The molecule has 1 saturated heterocycles. The summed E-state index contributed by atoms with van der Waals surface area (Å²) >= 11 is 0. The van der Waals surface area contributed by atoms with Gasteiger partial charge in [-0.05, 0) is 66.1 Å². The zero-order valence-electron chi connectivity index (χ0n) is 25.3. The van der Waals surface area contributed by atoms with E-state index >= 15 is 0 Å². The van der Waals surface area contributed by atoms with Crippen molar-refractivity contribution in [2.45, 2.75) is 63.7 Å². The van der Waals surface area contributed by atoms with Gasteiger partial charge in [0.25, 0.3) is 0 Å². The van der Waals surface area contributed by atoms with E-state index < -0.39 is 11.7 Å². The number of hydrogen-bond donors (Lipinski definition) is 2. The van der Waals surface area contributed by atoms with E-state index in [9.17, 15) is 18.0 Å². The maximum Gasteiger partial charge on any atom is 0.416 e. The molecule has 0 spiro atoms. The number of benzene rings is 1. The van der Waals surface area contributed by atoms with Crippen LogP contribution in [-0.4, -0.2) is 63.4 Å². The minimum absolute atomic E-state index is 0.0253. The molecule has 45 heavy (non-hydrogen) atoms. The summed E-state index contributed by atoms with van der Waals surface area (Å²) in [6.45, 7) is 6.01. The first-order valence-electron chi connectivity index (χ1n) is 15.8. The maximum atomic E-state index is 14.1. The Kier molecular flexibility index (Phi) is 7.99. The van der Waals surface area contributed by atoms with E-state index in [1.54, 1.807) is 23.4 Å². The van der Waals surface area contributed by atoms with Crippen LogP contribution in [0.2, 0.25) is 0 Å². The molecule has 0 unspecified atom stereocenters. The first-order chi connectivity index (χ1) is 21.7. The van der Waals surface area contributed by atoms with Crippen LogP contribution in [0.5, 0.6) is 11.5 Å². The molecule has 11 heteroatoms. The Morgan fingerprint density at radius 3 is 2.67 bits per heavy atom. The van der Waals surface area contributed by atoms with Crippen LogP contribution in [0.1, 0.15) is 71.7 Å². The SMILES string of the molecule is CC[C@H]1CN(C(=O)Cc2ccc(CN3CCNCC3)c(C(F)(F)F)c2)Cc2cc(Oc3ccnc4[nH]c(C5CC5)cc34)cnc21. The summed E-state index contributed by atoms with van der Waals surface area (Å²) in [4.78, 5) is 29.9. The van der Waals surface area contributed by atoms with Crippen molar-refractivity contribution in [2.75, 3.05) is 32.7 Å². The van der Waals surface area contributed by atoms with E-state index in [4.69, 9.17) is 9.72 Å². The van der Waals surface area contributed by atoms with Crippen LogP contribution >= 0.6 is 0 Å². The summed E-state index contributed by atoms with van der Waals surface area (Å²) in [5.41, 5.74) is 3.73. The summed E-state index contributed by atoms with van der Waals surface area (Å²) < 4.78 is 48.6. The summed E-state index contributed by atoms with van der Waals surface area (Å²) in [5.74, 6) is 1.62.